The first-order chi connectivity index (χ1) is 12.5. The van der Waals surface area contributed by atoms with E-state index in [1.807, 2.05) is 0 Å². The molecular weight excluding hydrogens is 358 g/mol. The summed E-state index contributed by atoms with van der Waals surface area (Å²) in [6.07, 6.45) is -0.729. The Labute approximate surface area is 152 Å². The van der Waals surface area contributed by atoms with Crippen LogP contribution in [0.2, 0.25) is 5.02 Å². The van der Waals surface area contributed by atoms with Gasteiger partial charge in [-0.25, -0.2) is 0 Å². The van der Waals surface area contributed by atoms with Crippen LogP contribution in [-0.4, -0.2) is 10.8 Å². The monoisotopic (exact) mass is 369 g/mol. The van der Waals surface area contributed by atoms with E-state index in [0.29, 0.717) is 22.0 Å². The van der Waals surface area contributed by atoms with Gasteiger partial charge in [-0.05, 0) is 42.5 Å². The number of amides is 1. The molecule has 0 aliphatic carbocycles. The van der Waals surface area contributed by atoms with Crippen molar-refractivity contribution >= 4 is 34.8 Å². The Morgan fingerprint density at radius 1 is 1.08 bits per heavy atom. The van der Waals surface area contributed by atoms with Crippen molar-refractivity contribution < 1.29 is 14.1 Å². The van der Waals surface area contributed by atoms with Crippen molar-refractivity contribution in [2.24, 2.45) is 0 Å². The number of halogens is 1. The van der Waals surface area contributed by atoms with E-state index < -0.39 is 11.1 Å². The van der Waals surface area contributed by atoms with Gasteiger partial charge in [-0.3, -0.25) is 19.8 Å². The second-order valence-electron chi connectivity index (χ2n) is 5.68. The molecule has 0 bridgehead atoms. The summed E-state index contributed by atoms with van der Waals surface area (Å²) >= 11 is 5.95. The maximum absolute atomic E-state index is 13.1. The molecule has 1 atom stereocenters. The van der Waals surface area contributed by atoms with Gasteiger partial charge >= 0.3 is 5.88 Å². The van der Waals surface area contributed by atoms with Gasteiger partial charge in [0.1, 0.15) is 4.92 Å². The number of carbonyl (C=O) groups is 1. The largest absolute Gasteiger partial charge is 0.433 e. The predicted octanol–water partition coefficient (Wildman–Crippen LogP) is 4.61. The molecule has 1 N–H and O–H groups in total. The Morgan fingerprint density at radius 2 is 1.81 bits per heavy atom. The number of nitrogens with zero attached hydrogens (tertiary/aromatic N) is 2. The molecule has 2 heterocycles. The Hall–Kier alpha value is -3.32. The average Bonchev–Trinajstić information content (AvgIpc) is 3.13. The highest BCUT2D eigenvalue weighted by molar-refractivity contribution is 6.30. The van der Waals surface area contributed by atoms with Gasteiger partial charge in [-0.2, -0.15) is 0 Å². The minimum atomic E-state index is -0.729. The molecule has 8 heteroatoms. The van der Waals surface area contributed by atoms with E-state index in [-0.39, 0.29) is 17.6 Å². The molecule has 0 saturated heterocycles. The zero-order valence-electron chi connectivity index (χ0n) is 13.3. The molecule has 1 unspecified atom stereocenters. The second-order valence-corrected chi connectivity index (χ2v) is 6.11. The Bertz CT molecular complexity index is 1000. The topological polar surface area (TPSA) is 88.6 Å². The molecule has 1 aliphatic heterocycles. The van der Waals surface area contributed by atoms with Crippen LogP contribution in [0, 0.1) is 10.1 Å². The van der Waals surface area contributed by atoms with Crippen molar-refractivity contribution in [3.8, 4) is 0 Å². The molecule has 3 aromatic rings. The van der Waals surface area contributed by atoms with Crippen molar-refractivity contribution in [1.82, 2.24) is 0 Å². The first kappa shape index (κ1) is 16.2. The lowest BCUT2D eigenvalue weighted by Crippen LogP contribution is -2.43. The van der Waals surface area contributed by atoms with Gasteiger partial charge < -0.3 is 9.73 Å². The maximum atomic E-state index is 13.1. The Kier molecular flexibility index (Phi) is 3.85. The van der Waals surface area contributed by atoms with E-state index >= 15 is 0 Å². The number of benzene rings is 2. The van der Waals surface area contributed by atoms with Crippen LogP contribution in [0.1, 0.15) is 22.3 Å². The summed E-state index contributed by atoms with van der Waals surface area (Å²) in [5.74, 6) is -0.371. The van der Waals surface area contributed by atoms with E-state index in [0.717, 1.165) is 0 Å². The molecule has 0 radical (unpaired) electrons. The van der Waals surface area contributed by atoms with Crippen LogP contribution in [0.4, 0.5) is 17.3 Å². The molecular formula is C18H12ClN3O4. The van der Waals surface area contributed by atoms with E-state index in [1.165, 1.54) is 17.0 Å². The van der Waals surface area contributed by atoms with Crippen molar-refractivity contribution in [3.63, 3.8) is 0 Å². The molecule has 130 valence electrons. The van der Waals surface area contributed by atoms with Crippen LogP contribution < -0.4 is 10.2 Å². The van der Waals surface area contributed by atoms with Gasteiger partial charge in [0.05, 0.1) is 11.6 Å². The zero-order valence-corrected chi connectivity index (χ0v) is 14.0. The van der Waals surface area contributed by atoms with Crippen LogP contribution in [0.15, 0.2) is 65.1 Å². The zero-order chi connectivity index (χ0) is 18.3. The number of anilines is 2. The molecule has 4 rings (SSSR count). The van der Waals surface area contributed by atoms with Crippen LogP contribution >= 0.6 is 11.6 Å². The summed E-state index contributed by atoms with van der Waals surface area (Å²) in [7, 11) is 0. The van der Waals surface area contributed by atoms with Gasteiger partial charge in [0.15, 0.2) is 11.9 Å². The third-order valence-electron chi connectivity index (χ3n) is 4.09. The highest BCUT2D eigenvalue weighted by atomic mass is 35.5. The molecule has 0 fully saturated rings. The van der Waals surface area contributed by atoms with Crippen LogP contribution in [0.5, 0.6) is 0 Å². The molecule has 1 aliphatic rings. The lowest BCUT2D eigenvalue weighted by molar-refractivity contribution is -0.402. The van der Waals surface area contributed by atoms with E-state index in [4.69, 9.17) is 16.0 Å². The molecule has 26 heavy (non-hydrogen) atoms. The van der Waals surface area contributed by atoms with Gasteiger partial charge in [0, 0.05) is 16.4 Å². The van der Waals surface area contributed by atoms with Crippen molar-refractivity contribution in [2.45, 2.75) is 6.17 Å². The fourth-order valence-corrected chi connectivity index (χ4v) is 3.03. The summed E-state index contributed by atoms with van der Waals surface area (Å²) in [5.41, 5.74) is 1.72. The lowest BCUT2D eigenvalue weighted by Gasteiger charge is -2.36. The highest BCUT2D eigenvalue weighted by Crippen LogP contribution is 2.38. The van der Waals surface area contributed by atoms with E-state index in [1.54, 1.807) is 48.5 Å². The second kappa shape index (κ2) is 6.20. The van der Waals surface area contributed by atoms with Gasteiger partial charge in [0.2, 0.25) is 0 Å². The first-order valence-electron chi connectivity index (χ1n) is 7.73. The number of fused-ring (bicyclic) bond motifs is 1. The SMILES string of the molecule is O=C1c2ccccc2NC(c2ccc([N+](=O)[O-])o2)N1c1ccc(Cl)cc1. The molecule has 0 spiro atoms. The van der Waals surface area contributed by atoms with Crippen molar-refractivity contribution in [2.75, 3.05) is 10.2 Å². The molecule has 1 aromatic heterocycles. The predicted molar refractivity (Wildman–Crippen MR) is 96.4 cm³/mol. The summed E-state index contributed by atoms with van der Waals surface area (Å²) in [4.78, 5) is 24.9. The number of nitrogens with one attached hydrogen (secondary N) is 1. The third-order valence-corrected chi connectivity index (χ3v) is 4.35. The molecule has 7 nitrogen and oxygen atoms in total. The number of nitro groups is 1. The third kappa shape index (κ3) is 2.68. The minimum absolute atomic E-state index is 0.245. The fourth-order valence-electron chi connectivity index (χ4n) is 2.91. The van der Waals surface area contributed by atoms with E-state index in [2.05, 4.69) is 5.32 Å². The lowest BCUT2D eigenvalue weighted by atomic mass is 10.1. The Morgan fingerprint density at radius 3 is 2.50 bits per heavy atom. The Balaban J connectivity index is 1.84. The fraction of sp³-hybridized carbons (Fsp3) is 0.0556. The van der Waals surface area contributed by atoms with Crippen LogP contribution in [-0.2, 0) is 0 Å². The number of furan rings is 1. The number of hydrogen-bond acceptors (Lipinski definition) is 5. The van der Waals surface area contributed by atoms with Gasteiger partial charge in [-0.15, -0.1) is 0 Å². The van der Waals surface area contributed by atoms with Crippen LogP contribution in [0.25, 0.3) is 0 Å². The maximum Gasteiger partial charge on any atom is 0.433 e. The summed E-state index contributed by atoms with van der Waals surface area (Å²) in [6.45, 7) is 0. The number of rotatable bonds is 3. The van der Waals surface area contributed by atoms with Crippen molar-refractivity contribution in [1.29, 1.82) is 0 Å². The first-order valence-corrected chi connectivity index (χ1v) is 8.11. The summed E-state index contributed by atoms with van der Waals surface area (Å²) < 4.78 is 5.34. The number of hydrogen-bond donors (Lipinski definition) is 1. The quantitative estimate of drug-likeness (QED) is 0.537. The standard InChI is InChI=1S/C18H12ClN3O4/c19-11-5-7-12(8-6-11)21-17(15-9-10-16(26-15)22(24)25)20-14-4-2-1-3-13(14)18(21)23/h1-10,17,20H. The van der Waals surface area contributed by atoms with Gasteiger partial charge in [0.25, 0.3) is 5.91 Å². The number of carbonyl (C=O) groups excluding carboxylic acids is 1. The molecule has 2 aromatic carbocycles. The van der Waals surface area contributed by atoms with E-state index in [9.17, 15) is 14.9 Å². The minimum Gasteiger partial charge on any atom is -0.402 e. The van der Waals surface area contributed by atoms with Crippen molar-refractivity contribution in [3.05, 3.63) is 87.1 Å². The number of para-hydroxylation sites is 1. The highest BCUT2D eigenvalue weighted by Gasteiger charge is 2.36. The smallest absolute Gasteiger partial charge is 0.402 e. The average molecular weight is 370 g/mol. The summed E-state index contributed by atoms with van der Waals surface area (Å²) in [6, 6.07) is 16.6. The van der Waals surface area contributed by atoms with Gasteiger partial charge in [-0.1, -0.05) is 23.7 Å². The molecule has 0 saturated carbocycles. The molecule has 1 amide bonds. The van der Waals surface area contributed by atoms with Crippen LogP contribution in [0.3, 0.4) is 0 Å². The summed E-state index contributed by atoms with van der Waals surface area (Å²) in [5, 5.41) is 14.7. The normalized spacial score (nSPS) is 16.1.